The molecule has 0 unspecified atom stereocenters. The first kappa shape index (κ1) is 14.2. The van der Waals surface area contributed by atoms with Gasteiger partial charge in [0.05, 0.1) is 0 Å². The van der Waals surface area contributed by atoms with Crippen molar-refractivity contribution in [2.45, 2.75) is 20.0 Å². The Morgan fingerprint density at radius 2 is 1.90 bits per heavy atom. The predicted octanol–water partition coefficient (Wildman–Crippen LogP) is 3.07. The maximum absolute atomic E-state index is 13.0. The molecule has 1 amide bonds. The highest BCUT2D eigenvalue weighted by atomic mass is 19.1. The van der Waals surface area contributed by atoms with Gasteiger partial charge in [-0.15, -0.1) is 0 Å². The average Bonchev–Trinajstić information content (AvgIpc) is 2.40. The summed E-state index contributed by atoms with van der Waals surface area (Å²) in [5.74, 6) is -0.328. The van der Waals surface area contributed by atoms with Crippen LogP contribution >= 0.6 is 0 Å². The van der Waals surface area contributed by atoms with Crippen molar-refractivity contribution in [2.24, 2.45) is 0 Å². The van der Waals surface area contributed by atoms with E-state index < -0.39 is 0 Å². The molecule has 0 aromatic heterocycles. The van der Waals surface area contributed by atoms with Crippen molar-refractivity contribution in [1.29, 1.82) is 0 Å². The number of nitrogens with one attached hydrogen (secondary N) is 2. The Bertz CT molecular complexity index is 599. The van der Waals surface area contributed by atoms with Crippen molar-refractivity contribution >= 4 is 11.6 Å². The molecular weight excluding hydrogens is 255 g/mol. The molecule has 0 saturated carbocycles. The lowest BCUT2D eigenvalue weighted by atomic mass is 10.1. The normalized spacial score (nSPS) is 10.3. The van der Waals surface area contributed by atoms with E-state index in [1.807, 2.05) is 30.3 Å². The zero-order valence-electron chi connectivity index (χ0n) is 11.3. The van der Waals surface area contributed by atoms with E-state index in [9.17, 15) is 9.18 Å². The van der Waals surface area contributed by atoms with Gasteiger partial charge in [-0.3, -0.25) is 4.79 Å². The first-order valence-electron chi connectivity index (χ1n) is 6.46. The maximum atomic E-state index is 13.0. The van der Waals surface area contributed by atoms with Gasteiger partial charge >= 0.3 is 0 Å². The largest absolute Gasteiger partial charge is 0.326 e. The highest BCUT2D eigenvalue weighted by molar-refractivity contribution is 5.89. The van der Waals surface area contributed by atoms with E-state index in [1.54, 1.807) is 6.07 Å². The van der Waals surface area contributed by atoms with Crippen LogP contribution in [0.25, 0.3) is 0 Å². The van der Waals surface area contributed by atoms with Crippen molar-refractivity contribution in [3.05, 3.63) is 65.5 Å². The molecule has 0 aliphatic carbocycles. The van der Waals surface area contributed by atoms with E-state index >= 15 is 0 Å². The highest BCUT2D eigenvalue weighted by Crippen LogP contribution is 2.15. The van der Waals surface area contributed by atoms with Crippen molar-refractivity contribution in [1.82, 2.24) is 5.32 Å². The average molecular weight is 272 g/mol. The van der Waals surface area contributed by atoms with E-state index in [-0.39, 0.29) is 11.7 Å². The molecule has 4 heteroatoms. The second-order valence-corrected chi connectivity index (χ2v) is 4.57. The molecule has 0 saturated heterocycles. The molecule has 0 spiro atoms. The van der Waals surface area contributed by atoms with Crippen LogP contribution in [0.1, 0.15) is 18.1 Å². The van der Waals surface area contributed by atoms with Crippen LogP contribution in [0.15, 0.2) is 48.5 Å². The summed E-state index contributed by atoms with van der Waals surface area (Å²) in [4.78, 5) is 11.1. The van der Waals surface area contributed by atoms with Crippen molar-refractivity contribution < 1.29 is 9.18 Å². The summed E-state index contributed by atoms with van der Waals surface area (Å²) in [6.45, 7) is 2.66. The Morgan fingerprint density at radius 3 is 2.65 bits per heavy atom. The fourth-order valence-corrected chi connectivity index (χ4v) is 1.97. The van der Waals surface area contributed by atoms with Crippen LogP contribution in [0.3, 0.4) is 0 Å². The Kier molecular flexibility index (Phi) is 4.85. The molecule has 0 fully saturated rings. The van der Waals surface area contributed by atoms with Crippen LogP contribution in [0.2, 0.25) is 0 Å². The molecule has 2 aromatic carbocycles. The van der Waals surface area contributed by atoms with Crippen molar-refractivity contribution in [3.8, 4) is 0 Å². The molecule has 0 heterocycles. The Morgan fingerprint density at radius 1 is 1.10 bits per heavy atom. The number of rotatable bonds is 5. The summed E-state index contributed by atoms with van der Waals surface area (Å²) in [6, 6.07) is 14.1. The predicted molar refractivity (Wildman–Crippen MR) is 77.7 cm³/mol. The first-order valence-corrected chi connectivity index (χ1v) is 6.46. The zero-order chi connectivity index (χ0) is 14.4. The summed E-state index contributed by atoms with van der Waals surface area (Å²) in [7, 11) is 0. The number of anilines is 1. The number of hydrogen-bond acceptors (Lipinski definition) is 2. The van der Waals surface area contributed by atoms with Gasteiger partial charge in [0.1, 0.15) is 5.82 Å². The summed E-state index contributed by atoms with van der Waals surface area (Å²) >= 11 is 0. The third-order valence-electron chi connectivity index (χ3n) is 2.86. The van der Waals surface area contributed by atoms with Crippen LogP contribution < -0.4 is 10.6 Å². The Balaban J connectivity index is 1.95. The quantitative estimate of drug-likeness (QED) is 0.878. The van der Waals surface area contributed by atoms with Gasteiger partial charge < -0.3 is 10.6 Å². The van der Waals surface area contributed by atoms with Crippen LogP contribution in [-0.4, -0.2) is 5.91 Å². The molecule has 104 valence electrons. The zero-order valence-corrected chi connectivity index (χ0v) is 11.3. The van der Waals surface area contributed by atoms with Gasteiger partial charge in [-0.05, 0) is 29.3 Å². The summed E-state index contributed by atoms with van der Waals surface area (Å²) in [5, 5.41) is 6.03. The Labute approximate surface area is 117 Å². The molecule has 2 rings (SSSR count). The summed E-state index contributed by atoms with van der Waals surface area (Å²) in [6.07, 6.45) is 0. The second kappa shape index (κ2) is 6.82. The van der Waals surface area contributed by atoms with Crippen LogP contribution in [0, 0.1) is 5.82 Å². The van der Waals surface area contributed by atoms with Crippen molar-refractivity contribution in [3.63, 3.8) is 0 Å². The van der Waals surface area contributed by atoms with Crippen LogP contribution in [0.5, 0.6) is 0 Å². The van der Waals surface area contributed by atoms with Gasteiger partial charge in [0.2, 0.25) is 5.91 Å². The fraction of sp³-hybridized carbons (Fsp3) is 0.188. The minimum atomic E-state index is -0.233. The van der Waals surface area contributed by atoms with Gasteiger partial charge in [-0.2, -0.15) is 0 Å². The van der Waals surface area contributed by atoms with Crippen molar-refractivity contribution in [2.75, 3.05) is 5.32 Å². The smallest absolute Gasteiger partial charge is 0.221 e. The molecule has 3 nitrogen and oxygen atoms in total. The molecule has 0 bridgehead atoms. The maximum Gasteiger partial charge on any atom is 0.221 e. The summed E-state index contributed by atoms with van der Waals surface area (Å²) < 4.78 is 13.0. The number of amides is 1. The number of carbonyl (C=O) groups is 1. The standard InChI is InChI=1S/C16H17FN2O/c1-12(20)19-16-8-3-2-6-14(16)11-18-10-13-5-4-7-15(17)9-13/h2-9,18H,10-11H2,1H3,(H,19,20). The number of halogens is 1. The minimum Gasteiger partial charge on any atom is -0.326 e. The van der Waals surface area contributed by atoms with Gasteiger partial charge in [-0.25, -0.2) is 4.39 Å². The van der Waals surface area contributed by atoms with E-state index in [1.165, 1.54) is 19.1 Å². The number of hydrogen-bond donors (Lipinski definition) is 2. The monoisotopic (exact) mass is 272 g/mol. The number of carbonyl (C=O) groups excluding carboxylic acids is 1. The second-order valence-electron chi connectivity index (χ2n) is 4.57. The third-order valence-corrected chi connectivity index (χ3v) is 2.86. The lowest BCUT2D eigenvalue weighted by Gasteiger charge is -2.11. The molecule has 2 N–H and O–H groups in total. The molecule has 20 heavy (non-hydrogen) atoms. The van der Waals surface area contributed by atoms with Crippen LogP contribution in [0.4, 0.5) is 10.1 Å². The molecule has 0 aliphatic heterocycles. The highest BCUT2D eigenvalue weighted by Gasteiger charge is 2.03. The SMILES string of the molecule is CC(=O)Nc1ccccc1CNCc1cccc(F)c1. The van der Waals surface area contributed by atoms with E-state index in [4.69, 9.17) is 0 Å². The van der Waals surface area contributed by atoms with Gasteiger partial charge in [0, 0.05) is 25.7 Å². The topological polar surface area (TPSA) is 41.1 Å². The number of benzene rings is 2. The lowest BCUT2D eigenvalue weighted by molar-refractivity contribution is -0.114. The minimum absolute atomic E-state index is 0.0948. The third kappa shape index (κ3) is 4.17. The van der Waals surface area contributed by atoms with E-state index in [2.05, 4.69) is 10.6 Å². The molecule has 0 aliphatic rings. The first-order chi connectivity index (χ1) is 9.65. The van der Waals surface area contributed by atoms with E-state index in [0.29, 0.717) is 13.1 Å². The van der Waals surface area contributed by atoms with E-state index in [0.717, 1.165) is 16.8 Å². The molecule has 0 radical (unpaired) electrons. The number of para-hydroxylation sites is 1. The van der Waals surface area contributed by atoms with Crippen LogP contribution in [-0.2, 0) is 17.9 Å². The molecule has 2 aromatic rings. The molecule has 0 atom stereocenters. The lowest BCUT2D eigenvalue weighted by Crippen LogP contribution is -2.15. The Hall–Kier alpha value is -2.20. The fourth-order valence-electron chi connectivity index (χ4n) is 1.97. The summed E-state index contributed by atoms with van der Waals surface area (Å²) in [5.41, 5.74) is 2.69. The van der Waals surface area contributed by atoms with Gasteiger partial charge in [0.25, 0.3) is 0 Å². The molecular formula is C16H17FN2O. The van der Waals surface area contributed by atoms with Gasteiger partial charge in [-0.1, -0.05) is 30.3 Å². The van der Waals surface area contributed by atoms with Gasteiger partial charge in [0.15, 0.2) is 0 Å².